The Morgan fingerprint density at radius 3 is 3.07 bits per heavy atom. The lowest BCUT2D eigenvalue weighted by atomic mass is 10.0. The Balaban J connectivity index is 1.49. The maximum absolute atomic E-state index is 13.9. The minimum atomic E-state index is -0.255. The Bertz CT molecular complexity index is 1020. The smallest absolute Gasteiger partial charge is 0.293 e. The largest absolute Gasteiger partial charge is 0.350 e. The second-order valence-electron chi connectivity index (χ2n) is 6.97. The van der Waals surface area contributed by atoms with Crippen LogP contribution in [0.1, 0.15) is 18.4 Å². The lowest BCUT2D eigenvalue weighted by Gasteiger charge is -2.33. The lowest BCUT2D eigenvalue weighted by Crippen LogP contribution is -2.47. The van der Waals surface area contributed by atoms with Crippen molar-refractivity contribution in [2.75, 3.05) is 18.0 Å². The summed E-state index contributed by atoms with van der Waals surface area (Å²) >= 11 is 0. The van der Waals surface area contributed by atoms with E-state index in [-0.39, 0.29) is 17.4 Å². The van der Waals surface area contributed by atoms with Crippen LogP contribution in [0.4, 0.5) is 10.2 Å². The molecule has 6 nitrogen and oxygen atoms in total. The Morgan fingerprint density at radius 2 is 2.19 bits per heavy atom. The van der Waals surface area contributed by atoms with Crippen molar-refractivity contribution in [3.63, 3.8) is 0 Å². The molecule has 3 heterocycles. The second kappa shape index (κ2) is 7.44. The fourth-order valence-electron chi connectivity index (χ4n) is 3.65. The van der Waals surface area contributed by atoms with Crippen molar-refractivity contribution in [3.05, 3.63) is 64.6 Å². The molecule has 0 unspecified atom stereocenters. The van der Waals surface area contributed by atoms with E-state index in [0.29, 0.717) is 18.9 Å². The van der Waals surface area contributed by atoms with Crippen molar-refractivity contribution < 1.29 is 4.39 Å². The first-order valence-electron chi connectivity index (χ1n) is 9.15. The number of pyridine rings is 1. The van der Waals surface area contributed by atoms with Crippen LogP contribution in [0.15, 0.2) is 47.7 Å². The highest BCUT2D eigenvalue weighted by atomic mass is 19.1. The predicted octanol–water partition coefficient (Wildman–Crippen LogP) is 2.23. The molecule has 1 aromatic carbocycles. The average molecular weight is 367 g/mol. The maximum Gasteiger partial charge on any atom is 0.293 e. The van der Waals surface area contributed by atoms with Crippen LogP contribution in [0.25, 0.3) is 10.9 Å². The molecule has 0 spiro atoms. The molecule has 4 rings (SSSR count). The van der Waals surface area contributed by atoms with Gasteiger partial charge in [-0.1, -0.05) is 6.07 Å². The molecule has 1 atom stereocenters. The van der Waals surface area contributed by atoms with E-state index in [1.165, 1.54) is 12.1 Å². The van der Waals surface area contributed by atoms with Gasteiger partial charge >= 0.3 is 0 Å². The summed E-state index contributed by atoms with van der Waals surface area (Å²) < 4.78 is 15.5. The van der Waals surface area contributed by atoms with Crippen LogP contribution in [0.2, 0.25) is 0 Å². The number of nitrogens with zero attached hydrogens (tertiary/aromatic N) is 4. The number of benzene rings is 1. The van der Waals surface area contributed by atoms with Gasteiger partial charge in [-0.2, -0.15) is 0 Å². The van der Waals surface area contributed by atoms with Gasteiger partial charge in [-0.15, -0.1) is 0 Å². The lowest BCUT2D eigenvalue weighted by molar-refractivity contribution is 0.419. The standard InChI is InChI=1S/C20H22FN5O/c1-25-9-7-23-19(20(25)27)26-8-3-5-17(13-26)24-12-15-11-16(21)10-14-4-2-6-22-18(14)15/h2,4,6-7,9-11,17,24H,3,5,8,12-13H2,1H3/t17-/m1/s1. The van der Waals surface area contributed by atoms with Crippen LogP contribution in [0, 0.1) is 5.82 Å². The Kier molecular flexibility index (Phi) is 4.85. The quantitative estimate of drug-likeness (QED) is 0.766. The van der Waals surface area contributed by atoms with E-state index in [1.807, 2.05) is 17.0 Å². The monoisotopic (exact) mass is 367 g/mol. The van der Waals surface area contributed by atoms with Gasteiger partial charge in [-0.25, -0.2) is 9.37 Å². The summed E-state index contributed by atoms with van der Waals surface area (Å²) in [7, 11) is 1.73. The molecule has 140 valence electrons. The number of nitrogens with one attached hydrogen (secondary N) is 1. The molecular formula is C20H22FN5O. The molecule has 27 heavy (non-hydrogen) atoms. The molecule has 0 saturated carbocycles. The number of hydrogen-bond donors (Lipinski definition) is 1. The van der Waals surface area contributed by atoms with Gasteiger partial charge in [0, 0.05) is 56.7 Å². The maximum atomic E-state index is 13.9. The van der Waals surface area contributed by atoms with Crippen LogP contribution in [0.5, 0.6) is 0 Å². The molecule has 2 aromatic heterocycles. The fraction of sp³-hybridized carbons (Fsp3) is 0.350. The summed E-state index contributed by atoms with van der Waals surface area (Å²) in [5, 5.41) is 4.31. The van der Waals surface area contributed by atoms with E-state index in [2.05, 4.69) is 15.3 Å². The first kappa shape index (κ1) is 17.6. The van der Waals surface area contributed by atoms with Crippen molar-refractivity contribution in [2.24, 2.45) is 7.05 Å². The predicted molar refractivity (Wildman–Crippen MR) is 103 cm³/mol. The van der Waals surface area contributed by atoms with Crippen LogP contribution in [-0.2, 0) is 13.6 Å². The Labute approximate surface area is 156 Å². The summed E-state index contributed by atoms with van der Waals surface area (Å²) in [6.45, 7) is 2.05. The fourth-order valence-corrected chi connectivity index (χ4v) is 3.65. The van der Waals surface area contributed by atoms with E-state index in [9.17, 15) is 9.18 Å². The molecule has 1 fully saturated rings. The third-order valence-electron chi connectivity index (χ3n) is 5.05. The number of piperidine rings is 1. The highest BCUT2D eigenvalue weighted by Gasteiger charge is 2.23. The number of halogens is 1. The molecule has 1 saturated heterocycles. The van der Waals surface area contributed by atoms with E-state index in [4.69, 9.17) is 0 Å². The third-order valence-corrected chi connectivity index (χ3v) is 5.05. The van der Waals surface area contributed by atoms with Crippen molar-refractivity contribution >= 4 is 16.7 Å². The molecule has 0 radical (unpaired) electrons. The van der Waals surface area contributed by atoms with Crippen LogP contribution >= 0.6 is 0 Å². The molecular weight excluding hydrogens is 345 g/mol. The molecule has 0 amide bonds. The van der Waals surface area contributed by atoms with Gasteiger partial charge in [0.2, 0.25) is 0 Å². The normalized spacial score (nSPS) is 17.4. The van der Waals surface area contributed by atoms with Gasteiger partial charge in [0.1, 0.15) is 5.82 Å². The molecule has 1 aliphatic rings. The van der Waals surface area contributed by atoms with E-state index < -0.39 is 0 Å². The minimum Gasteiger partial charge on any atom is -0.350 e. The van der Waals surface area contributed by atoms with Gasteiger partial charge in [0.05, 0.1) is 5.52 Å². The van der Waals surface area contributed by atoms with Gasteiger partial charge < -0.3 is 14.8 Å². The van der Waals surface area contributed by atoms with Crippen LogP contribution in [0.3, 0.4) is 0 Å². The average Bonchev–Trinajstić information content (AvgIpc) is 2.68. The number of anilines is 1. The number of aryl methyl sites for hydroxylation is 1. The highest BCUT2D eigenvalue weighted by molar-refractivity contribution is 5.81. The van der Waals surface area contributed by atoms with E-state index in [0.717, 1.165) is 35.9 Å². The van der Waals surface area contributed by atoms with Crippen LogP contribution < -0.4 is 15.8 Å². The molecule has 7 heteroatoms. The zero-order valence-electron chi connectivity index (χ0n) is 15.2. The van der Waals surface area contributed by atoms with Gasteiger partial charge in [0.15, 0.2) is 5.82 Å². The molecule has 0 bridgehead atoms. The molecule has 1 aliphatic heterocycles. The van der Waals surface area contributed by atoms with Crippen molar-refractivity contribution in [1.82, 2.24) is 19.9 Å². The highest BCUT2D eigenvalue weighted by Crippen LogP contribution is 2.20. The summed E-state index contributed by atoms with van der Waals surface area (Å²) in [5.74, 6) is 0.235. The van der Waals surface area contributed by atoms with Gasteiger partial charge in [0.25, 0.3) is 5.56 Å². The molecule has 1 N–H and O–H groups in total. The summed E-state index contributed by atoms with van der Waals surface area (Å²) in [5.41, 5.74) is 1.58. The van der Waals surface area contributed by atoms with Gasteiger partial charge in [-0.3, -0.25) is 9.78 Å². The summed E-state index contributed by atoms with van der Waals surface area (Å²) in [6.07, 6.45) is 7.01. The van der Waals surface area contributed by atoms with Crippen LogP contribution in [-0.4, -0.2) is 33.7 Å². The van der Waals surface area contributed by atoms with E-state index >= 15 is 0 Å². The van der Waals surface area contributed by atoms with Crippen molar-refractivity contribution in [3.8, 4) is 0 Å². The number of fused-ring (bicyclic) bond motifs is 1. The Morgan fingerprint density at radius 1 is 1.30 bits per heavy atom. The molecule has 3 aromatic rings. The SMILES string of the molecule is Cn1ccnc(N2CCC[C@@H](NCc3cc(F)cc4cccnc34)C2)c1=O. The van der Waals surface area contributed by atoms with Gasteiger partial charge in [-0.05, 0) is 36.6 Å². The third kappa shape index (κ3) is 3.68. The van der Waals surface area contributed by atoms with Crippen molar-refractivity contribution in [1.29, 1.82) is 0 Å². The first-order valence-corrected chi connectivity index (χ1v) is 9.15. The second-order valence-corrected chi connectivity index (χ2v) is 6.97. The summed E-state index contributed by atoms with van der Waals surface area (Å²) in [6, 6.07) is 6.93. The van der Waals surface area contributed by atoms with E-state index in [1.54, 1.807) is 30.2 Å². The molecule has 0 aliphatic carbocycles. The number of aromatic nitrogens is 3. The number of rotatable bonds is 4. The van der Waals surface area contributed by atoms with Crippen molar-refractivity contribution in [2.45, 2.75) is 25.4 Å². The summed E-state index contributed by atoms with van der Waals surface area (Å²) in [4.78, 5) is 23.0. The number of hydrogen-bond acceptors (Lipinski definition) is 5. The zero-order chi connectivity index (χ0) is 18.8. The topological polar surface area (TPSA) is 63.1 Å². The zero-order valence-corrected chi connectivity index (χ0v) is 15.2. The Hall–Kier alpha value is -2.80. The first-order chi connectivity index (χ1) is 13.1. The minimum absolute atomic E-state index is 0.0847.